The normalized spacial score (nSPS) is 16.4. The molecule has 2 nitrogen and oxygen atoms in total. The van der Waals surface area contributed by atoms with Crippen LogP contribution in [0.4, 0.5) is 0 Å². The minimum Gasteiger partial charge on any atom is -0.275 e. The van der Waals surface area contributed by atoms with Crippen LogP contribution in [0.3, 0.4) is 0 Å². The Morgan fingerprint density at radius 2 is 2.21 bits per heavy atom. The first kappa shape index (κ1) is 8.48. The van der Waals surface area contributed by atoms with Crippen molar-refractivity contribution in [1.29, 1.82) is 0 Å². The monoisotopic (exact) mass is 250 g/mol. The lowest BCUT2D eigenvalue weighted by molar-refractivity contribution is 0.778. The van der Waals surface area contributed by atoms with Gasteiger partial charge in [0.2, 0.25) is 0 Å². The Hall–Kier alpha value is -0.830. The van der Waals surface area contributed by atoms with E-state index in [-0.39, 0.29) is 0 Å². The molecule has 72 valence electrons. The van der Waals surface area contributed by atoms with Gasteiger partial charge in [0.15, 0.2) is 0 Å². The molecule has 0 bridgehead atoms. The van der Waals surface area contributed by atoms with Crippen LogP contribution in [0.15, 0.2) is 22.8 Å². The molecule has 3 heteroatoms. The molecule has 1 aliphatic carbocycles. The van der Waals surface area contributed by atoms with E-state index < -0.39 is 0 Å². The molecule has 1 fully saturated rings. The van der Waals surface area contributed by atoms with Crippen molar-refractivity contribution in [2.45, 2.75) is 18.8 Å². The van der Waals surface area contributed by atoms with E-state index in [1.165, 1.54) is 29.3 Å². The minimum atomic E-state index is 0.764. The molecule has 0 unspecified atom stereocenters. The average Bonchev–Trinajstić information content (AvgIpc) is 2.89. The van der Waals surface area contributed by atoms with Crippen molar-refractivity contribution in [1.82, 2.24) is 9.78 Å². The van der Waals surface area contributed by atoms with E-state index in [4.69, 9.17) is 0 Å². The van der Waals surface area contributed by atoms with E-state index in [0.717, 1.165) is 10.4 Å². The number of aryl methyl sites for hydroxylation is 1. The predicted molar refractivity (Wildman–Crippen MR) is 60.4 cm³/mol. The summed E-state index contributed by atoms with van der Waals surface area (Å²) in [5.74, 6) is 0.764. The Morgan fingerprint density at radius 1 is 1.43 bits per heavy atom. The van der Waals surface area contributed by atoms with E-state index >= 15 is 0 Å². The van der Waals surface area contributed by atoms with Crippen molar-refractivity contribution < 1.29 is 0 Å². The number of halogens is 1. The average molecular weight is 251 g/mol. The number of hydrogen-bond donors (Lipinski definition) is 0. The van der Waals surface area contributed by atoms with Gasteiger partial charge in [-0.2, -0.15) is 5.10 Å². The zero-order valence-electron chi connectivity index (χ0n) is 8.00. The Bertz CT molecular complexity index is 497. The standard InChI is InChI=1S/C11H11BrN2/c1-14-6-9-10(12)5-4-8(7-2-3-7)11(9)13-14/h4-7H,2-3H2,1H3. The molecule has 14 heavy (non-hydrogen) atoms. The molecule has 0 amide bonds. The van der Waals surface area contributed by atoms with Gasteiger partial charge >= 0.3 is 0 Å². The van der Waals surface area contributed by atoms with Crippen molar-refractivity contribution in [3.63, 3.8) is 0 Å². The quantitative estimate of drug-likeness (QED) is 0.760. The van der Waals surface area contributed by atoms with Crippen LogP contribution in [-0.4, -0.2) is 9.78 Å². The van der Waals surface area contributed by atoms with Gasteiger partial charge in [-0.1, -0.05) is 22.0 Å². The lowest BCUT2D eigenvalue weighted by atomic mass is 10.1. The number of fused-ring (bicyclic) bond motifs is 1. The van der Waals surface area contributed by atoms with E-state index in [2.05, 4.69) is 39.4 Å². The second-order valence-electron chi connectivity index (χ2n) is 3.98. The number of hydrogen-bond acceptors (Lipinski definition) is 1. The molecule has 1 saturated carbocycles. The zero-order chi connectivity index (χ0) is 9.71. The van der Waals surface area contributed by atoms with Gasteiger partial charge in [-0.15, -0.1) is 0 Å². The highest BCUT2D eigenvalue weighted by molar-refractivity contribution is 9.10. The molecule has 0 aliphatic heterocycles. The Balaban J connectivity index is 2.34. The summed E-state index contributed by atoms with van der Waals surface area (Å²) >= 11 is 3.56. The lowest BCUT2D eigenvalue weighted by Gasteiger charge is -2.00. The number of aromatic nitrogens is 2. The number of rotatable bonds is 1. The fraction of sp³-hybridized carbons (Fsp3) is 0.364. The highest BCUT2D eigenvalue weighted by Gasteiger charge is 2.26. The van der Waals surface area contributed by atoms with Gasteiger partial charge in [-0.3, -0.25) is 4.68 Å². The van der Waals surface area contributed by atoms with Crippen molar-refractivity contribution in [3.05, 3.63) is 28.4 Å². The molecule has 0 saturated heterocycles. The van der Waals surface area contributed by atoms with Gasteiger partial charge < -0.3 is 0 Å². The first-order valence-corrected chi connectivity index (χ1v) is 5.67. The molecular weight excluding hydrogens is 240 g/mol. The Labute approximate surface area is 91.0 Å². The van der Waals surface area contributed by atoms with Crippen LogP contribution in [0, 0.1) is 0 Å². The van der Waals surface area contributed by atoms with Gasteiger partial charge in [-0.05, 0) is 30.4 Å². The van der Waals surface area contributed by atoms with Gasteiger partial charge in [0, 0.05) is 23.1 Å². The Kier molecular flexibility index (Phi) is 1.71. The van der Waals surface area contributed by atoms with E-state index in [1.54, 1.807) is 0 Å². The second-order valence-corrected chi connectivity index (χ2v) is 4.83. The van der Waals surface area contributed by atoms with Crippen LogP contribution >= 0.6 is 15.9 Å². The molecule has 0 atom stereocenters. The van der Waals surface area contributed by atoms with E-state index in [9.17, 15) is 0 Å². The summed E-state index contributed by atoms with van der Waals surface area (Å²) in [6, 6.07) is 4.34. The molecule has 0 spiro atoms. The maximum atomic E-state index is 4.52. The summed E-state index contributed by atoms with van der Waals surface area (Å²) in [4.78, 5) is 0. The van der Waals surface area contributed by atoms with Gasteiger partial charge in [0.05, 0.1) is 5.52 Å². The zero-order valence-corrected chi connectivity index (χ0v) is 9.58. The molecule has 1 aromatic carbocycles. The van der Waals surface area contributed by atoms with Crippen LogP contribution in [0.2, 0.25) is 0 Å². The van der Waals surface area contributed by atoms with E-state index in [1.807, 2.05) is 11.7 Å². The number of benzene rings is 1. The fourth-order valence-electron chi connectivity index (χ4n) is 1.93. The molecule has 3 rings (SSSR count). The van der Waals surface area contributed by atoms with Crippen LogP contribution in [0.1, 0.15) is 24.3 Å². The largest absolute Gasteiger partial charge is 0.275 e. The topological polar surface area (TPSA) is 17.8 Å². The fourth-order valence-corrected chi connectivity index (χ4v) is 2.35. The van der Waals surface area contributed by atoms with Gasteiger partial charge in [0.1, 0.15) is 0 Å². The third-order valence-electron chi connectivity index (χ3n) is 2.79. The Morgan fingerprint density at radius 3 is 2.93 bits per heavy atom. The highest BCUT2D eigenvalue weighted by atomic mass is 79.9. The maximum Gasteiger partial charge on any atom is 0.0969 e. The number of nitrogens with zero attached hydrogens (tertiary/aromatic N) is 2. The predicted octanol–water partition coefficient (Wildman–Crippen LogP) is 3.21. The van der Waals surface area contributed by atoms with Crippen LogP contribution in [-0.2, 0) is 7.05 Å². The first-order chi connectivity index (χ1) is 6.75. The van der Waals surface area contributed by atoms with Crippen LogP contribution in [0.5, 0.6) is 0 Å². The van der Waals surface area contributed by atoms with Gasteiger partial charge in [-0.25, -0.2) is 0 Å². The van der Waals surface area contributed by atoms with Gasteiger partial charge in [0.25, 0.3) is 0 Å². The molecule has 0 N–H and O–H groups in total. The molecule has 1 aromatic heterocycles. The summed E-state index contributed by atoms with van der Waals surface area (Å²) in [5.41, 5.74) is 2.59. The summed E-state index contributed by atoms with van der Waals surface area (Å²) in [6.45, 7) is 0. The summed E-state index contributed by atoms with van der Waals surface area (Å²) in [5, 5.41) is 5.76. The smallest absolute Gasteiger partial charge is 0.0969 e. The van der Waals surface area contributed by atoms with Crippen molar-refractivity contribution in [3.8, 4) is 0 Å². The molecular formula is C11H11BrN2. The second kappa shape index (κ2) is 2.83. The van der Waals surface area contributed by atoms with Crippen LogP contribution < -0.4 is 0 Å². The molecule has 0 radical (unpaired) electrons. The summed E-state index contributed by atoms with van der Waals surface area (Å²) in [6.07, 6.45) is 4.73. The SMILES string of the molecule is Cn1cc2c(Br)ccc(C3CC3)c2n1. The lowest BCUT2D eigenvalue weighted by Crippen LogP contribution is -1.87. The summed E-state index contributed by atoms with van der Waals surface area (Å²) < 4.78 is 3.03. The van der Waals surface area contributed by atoms with E-state index in [0.29, 0.717) is 0 Å². The maximum absolute atomic E-state index is 4.52. The minimum absolute atomic E-state index is 0.764. The highest BCUT2D eigenvalue weighted by Crippen LogP contribution is 2.43. The third-order valence-corrected chi connectivity index (χ3v) is 3.48. The summed E-state index contributed by atoms with van der Waals surface area (Å²) in [7, 11) is 1.98. The third kappa shape index (κ3) is 1.19. The first-order valence-electron chi connectivity index (χ1n) is 4.87. The molecule has 2 aromatic rings. The molecule has 1 aliphatic rings. The van der Waals surface area contributed by atoms with Crippen molar-refractivity contribution >= 4 is 26.8 Å². The molecule has 1 heterocycles. The van der Waals surface area contributed by atoms with Crippen molar-refractivity contribution in [2.24, 2.45) is 7.05 Å². The van der Waals surface area contributed by atoms with Crippen molar-refractivity contribution in [2.75, 3.05) is 0 Å². The van der Waals surface area contributed by atoms with Crippen LogP contribution in [0.25, 0.3) is 10.9 Å².